The van der Waals surface area contributed by atoms with Gasteiger partial charge in [0.25, 0.3) is 5.91 Å². The monoisotopic (exact) mass is 376 g/mol. The number of carbonyl (C=O) groups excluding carboxylic acids is 1. The fourth-order valence-corrected chi connectivity index (χ4v) is 3.07. The van der Waals surface area contributed by atoms with Crippen LogP contribution >= 0.6 is 0 Å². The van der Waals surface area contributed by atoms with E-state index in [-0.39, 0.29) is 5.48 Å². The van der Waals surface area contributed by atoms with Crippen LogP contribution in [0.25, 0.3) is 17.1 Å². The van der Waals surface area contributed by atoms with Gasteiger partial charge in [0.2, 0.25) is 0 Å². The van der Waals surface area contributed by atoms with Crippen molar-refractivity contribution in [2.75, 3.05) is 19.6 Å². The molecule has 0 aliphatic heterocycles. The van der Waals surface area contributed by atoms with E-state index in [1.54, 1.807) is 11.6 Å². The summed E-state index contributed by atoms with van der Waals surface area (Å²) in [6, 6.07) is 6.03. The lowest BCUT2D eigenvalue weighted by Gasteiger charge is -2.19. The fourth-order valence-electron chi connectivity index (χ4n) is 3.07. The van der Waals surface area contributed by atoms with E-state index in [1.807, 2.05) is 12.1 Å². The average Bonchev–Trinajstić information content (AvgIpc) is 3.01. The normalized spacial score (nSPS) is 11.3. The first-order valence-electron chi connectivity index (χ1n) is 9.46. The van der Waals surface area contributed by atoms with Crippen molar-refractivity contribution in [3.05, 3.63) is 35.7 Å². The topological polar surface area (TPSA) is 102 Å². The van der Waals surface area contributed by atoms with E-state index < -0.39 is 5.91 Å². The molecule has 0 aliphatic rings. The Morgan fingerprint density at radius 3 is 2.67 bits per heavy atom. The molecule has 0 spiro atoms. The van der Waals surface area contributed by atoms with E-state index in [2.05, 4.69) is 36.3 Å². The van der Waals surface area contributed by atoms with Gasteiger partial charge in [-0.25, -0.2) is 10.5 Å². The summed E-state index contributed by atoms with van der Waals surface area (Å²) < 4.78 is 2.33. The van der Waals surface area contributed by atoms with Crippen molar-refractivity contribution in [2.45, 2.75) is 46.6 Å². The van der Waals surface area contributed by atoms with Crippen molar-refractivity contribution in [1.29, 1.82) is 0 Å². The highest BCUT2D eigenvalue weighted by atomic mass is 16.5. The molecule has 27 heavy (non-hydrogen) atoms. The Morgan fingerprint density at radius 2 is 2.04 bits per heavy atom. The van der Waals surface area contributed by atoms with Gasteiger partial charge in [0.05, 0.1) is 11.0 Å². The molecule has 2 rings (SSSR count). The number of hydroxylamine groups is 1. The number of likely N-dealkylation sites (N-methyl/N-ethyl adjacent to an activating group) is 1. The van der Waals surface area contributed by atoms with Gasteiger partial charge in [-0.15, -0.1) is 0 Å². The summed E-state index contributed by atoms with van der Waals surface area (Å²) in [6.45, 7) is 10.6. The van der Waals surface area contributed by atoms with Crippen LogP contribution in [-0.2, 0) is 17.8 Å². The fraction of sp³-hybridized carbons (Fsp3) is 0.500. The lowest BCUT2D eigenvalue weighted by molar-refractivity contribution is -0.124. The molecule has 0 saturated carbocycles. The van der Waals surface area contributed by atoms with Crippen molar-refractivity contribution in [2.24, 2.45) is 0 Å². The van der Waals surface area contributed by atoms with Crippen LogP contribution in [-0.4, -0.2) is 50.7 Å². The Hall–Kier alpha value is -2.22. The molecule has 150 valence electrons. The van der Waals surface area contributed by atoms with Gasteiger partial charge in [-0.2, -0.15) is 0 Å². The zero-order valence-electron chi connectivity index (χ0n) is 16.5. The second kappa shape index (κ2) is 11.5. The first-order chi connectivity index (χ1) is 12.6. The summed E-state index contributed by atoms with van der Waals surface area (Å²) in [5, 5.41) is 8.58. The minimum Gasteiger partial charge on any atom is -0.412 e. The van der Waals surface area contributed by atoms with Crippen LogP contribution in [0.2, 0.25) is 0 Å². The van der Waals surface area contributed by atoms with Gasteiger partial charge in [0, 0.05) is 25.6 Å². The standard InChI is InChI=1S/C20H30N4O2.H2O/c1-4-7-8-19-21-17-15-16(10-12-20(25)22-26)9-11-18(17)24(19)14-13-23(5-2)6-3;/h9-12,15,26H,4-8,13-14H2,1-3H3,(H,22,25);1H2. The number of carbonyl (C=O) groups is 1. The average molecular weight is 377 g/mol. The summed E-state index contributed by atoms with van der Waals surface area (Å²) in [4.78, 5) is 18.4. The number of hydrogen-bond acceptors (Lipinski definition) is 4. The minimum atomic E-state index is -0.543. The highest BCUT2D eigenvalue weighted by Gasteiger charge is 2.12. The zero-order chi connectivity index (χ0) is 18.9. The summed E-state index contributed by atoms with van der Waals surface area (Å²) >= 11 is 0. The molecule has 0 unspecified atom stereocenters. The van der Waals surface area contributed by atoms with Crippen molar-refractivity contribution >= 4 is 23.0 Å². The predicted octanol–water partition coefficient (Wildman–Crippen LogP) is 2.41. The van der Waals surface area contributed by atoms with E-state index in [0.717, 1.165) is 67.9 Å². The molecule has 1 heterocycles. The van der Waals surface area contributed by atoms with Crippen LogP contribution in [0.5, 0.6) is 0 Å². The highest BCUT2D eigenvalue weighted by Crippen LogP contribution is 2.20. The maximum Gasteiger partial charge on any atom is 0.267 e. The number of hydrogen-bond donors (Lipinski definition) is 2. The third kappa shape index (κ3) is 6.16. The quantitative estimate of drug-likeness (QED) is 0.378. The molecule has 1 amide bonds. The van der Waals surface area contributed by atoms with Crippen LogP contribution in [0.4, 0.5) is 0 Å². The summed E-state index contributed by atoms with van der Waals surface area (Å²) in [6.07, 6.45) is 6.21. The second-order valence-corrected chi connectivity index (χ2v) is 6.37. The Labute approximate surface area is 161 Å². The number of benzene rings is 1. The number of unbranched alkanes of at least 4 members (excludes halogenated alkanes) is 1. The number of nitrogens with zero attached hydrogens (tertiary/aromatic N) is 3. The number of imidazole rings is 1. The van der Waals surface area contributed by atoms with Gasteiger partial charge >= 0.3 is 0 Å². The van der Waals surface area contributed by atoms with Gasteiger partial charge in [0.15, 0.2) is 0 Å². The second-order valence-electron chi connectivity index (χ2n) is 6.37. The van der Waals surface area contributed by atoms with Crippen LogP contribution in [0.1, 0.15) is 45.0 Å². The molecule has 0 bridgehead atoms. The molecule has 0 aliphatic carbocycles. The van der Waals surface area contributed by atoms with Gasteiger partial charge in [-0.1, -0.05) is 33.3 Å². The molecule has 0 radical (unpaired) electrons. The molecule has 1 aromatic heterocycles. The first-order valence-corrected chi connectivity index (χ1v) is 9.46. The van der Waals surface area contributed by atoms with Gasteiger partial charge in [0.1, 0.15) is 5.82 Å². The Kier molecular flexibility index (Phi) is 9.71. The maximum absolute atomic E-state index is 11.2. The third-order valence-electron chi connectivity index (χ3n) is 4.68. The van der Waals surface area contributed by atoms with Gasteiger partial charge in [-0.05, 0) is 43.3 Å². The number of fused-ring (bicyclic) bond motifs is 1. The SMILES string of the molecule is CCCCc1nc2cc(C=CC(=O)NO)ccc2n1CCN(CC)CC.O. The number of rotatable bonds is 10. The molecule has 1 aromatic carbocycles. The molecule has 4 N–H and O–H groups in total. The molecule has 2 aromatic rings. The first kappa shape index (κ1) is 22.8. The van der Waals surface area contributed by atoms with Crippen LogP contribution in [0.15, 0.2) is 24.3 Å². The Bertz CT molecular complexity index is 751. The molecule has 0 atom stereocenters. The molecular weight excluding hydrogens is 344 g/mol. The lowest BCUT2D eigenvalue weighted by atomic mass is 10.2. The van der Waals surface area contributed by atoms with Crippen molar-refractivity contribution in [3.8, 4) is 0 Å². The van der Waals surface area contributed by atoms with E-state index in [9.17, 15) is 4.79 Å². The largest absolute Gasteiger partial charge is 0.412 e. The predicted molar refractivity (Wildman–Crippen MR) is 109 cm³/mol. The number of amides is 1. The van der Waals surface area contributed by atoms with E-state index in [1.165, 1.54) is 6.08 Å². The molecule has 7 heteroatoms. The Morgan fingerprint density at radius 1 is 1.30 bits per heavy atom. The van der Waals surface area contributed by atoms with E-state index >= 15 is 0 Å². The smallest absolute Gasteiger partial charge is 0.267 e. The summed E-state index contributed by atoms with van der Waals surface area (Å²) in [5.74, 6) is 0.585. The third-order valence-corrected chi connectivity index (χ3v) is 4.68. The van der Waals surface area contributed by atoms with E-state index in [0.29, 0.717) is 0 Å². The van der Waals surface area contributed by atoms with Crippen molar-refractivity contribution < 1.29 is 15.5 Å². The lowest BCUT2D eigenvalue weighted by Crippen LogP contribution is -2.27. The summed E-state index contributed by atoms with van der Waals surface area (Å²) in [5.41, 5.74) is 4.56. The van der Waals surface area contributed by atoms with E-state index in [4.69, 9.17) is 10.2 Å². The minimum absolute atomic E-state index is 0. The molecule has 0 saturated heterocycles. The molecule has 7 nitrogen and oxygen atoms in total. The van der Waals surface area contributed by atoms with Crippen molar-refractivity contribution in [3.63, 3.8) is 0 Å². The van der Waals surface area contributed by atoms with Crippen LogP contribution in [0, 0.1) is 0 Å². The molecule has 0 fully saturated rings. The Balaban J connectivity index is 0.00000364. The molecular formula is C20H32N4O3. The van der Waals surface area contributed by atoms with Crippen molar-refractivity contribution in [1.82, 2.24) is 19.9 Å². The van der Waals surface area contributed by atoms with Crippen LogP contribution < -0.4 is 5.48 Å². The highest BCUT2D eigenvalue weighted by molar-refractivity contribution is 5.91. The maximum atomic E-state index is 11.2. The van der Waals surface area contributed by atoms with Gasteiger partial charge in [-0.3, -0.25) is 10.0 Å². The number of nitrogens with one attached hydrogen (secondary N) is 1. The number of aromatic nitrogens is 2. The zero-order valence-corrected chi connectivity index (χ0v) is 16.5. The van der Waals surface area contributed by atoms with Gasteiger partial charge < -0.3 is 14.9 Å². The van der Waals surface area contributed by atoms with Crippen LogP contribution in [0.3, 0.4) is 0 Å². The number of aryl methyl sites for hydroxylation is 1. The summed E-state index contributed by atoms with van der Waals surface area (Å²) in [7, 11) is 0.